The number of sulfonamides is 1. The second-order valence-corrected chi connectivity index (χ2v) is 6.18. The first kappa shape index (κ1) is 16.5. The topological polar surface area (TPSA) is 96.4 Å². The SMILES string of the molecule is CCOc1ccc(S(N)(=O)=O)cc1-c1cnn(CCOC)c1. The van der Waals surface area contributed by atoms with E-state index < -0.39 is 10.0 Å². The third kappa shape index (κ3) is 3.85. The van der Waals surface area contributed by atoms with E-state index in [1.807, 2.05) is 13.1 Å². The van der Waals surface area contributed by atoms with Crippen molar-refractivity contribution in [2.24, 2.45) is 5.14 Å². The van der Waals surface area contributed by atoms with Crippen LogP contribution in [0.5, 0.6) is 5.75 Å². The van der Waals surface area contributed by atoms with Gasteiger partial charge in [0.15, 0.2) is 0 Å². The summed E-state index contributed by atoms with van der Waals surface area (Å²) in [6.07, 6.45) is 3.46. The third-order valence-corrected chi connectivity index (χ3v) is 3.96. The molecular formula is C14H19N3O4S. The first-order valence-corrected chi connectivity index (χ1v) is 8.31. The van der Waals surface area contributed by atoms with Gasteiger partial charge in [0.1, 0.15) is 5.75 Å². The van der Waals surface area contributed by atoms with E-state index in [1.54, 1.807) is 24.1 Å². The summed E-state index contributed by atoms with van der Waals surface area (Å²) < 4.78 is 35.3. The highest BCUT2D eigenvalue weighted by molar-refractivity contribution is 7.89. The van der Waals surface area contributed by atoms with Crippen LogP contribution in [0.3, 0.4) is 0 Å². The Kier molecular flexibility index (Phi) is 5.17. The van der Waals surface area contributed by atoms with Gasteiger partial charge in [-0.15, -0.1) is 0 Å². The monoisotopic (exact) mass is 325 g/mol. The second-order valence-electron chi connectivity index (χ2n) is 4.62. The summed E-state index contributed by atoms with van der Waals surface area (Å²) in [7, 11) is -2.16. The fourth-order valence-electron chi connectivity index (χ4n) is 2.00. The van der Waals surface area contributed by atoms with Gasteiger partial charge in [-0.25, -0.2) is 13.6 Å². The molecule has 0 bridgehead atoms. The Balaban J connectivity index is 2.44. The zero-order valence-corrected chi connectivity index (χ0v) is 13.3. The molecule has 0 aliphatic rings. The summed E-state index contributed by atoms with van der Waals surface area (Å²) in [5.74, 6) is 0.584. The van der Waals surface area contributed by atoms with Gasteiger partial charge in [0.25, 0.3) is 0 Å². The summed E-state index contributed by atoms with van der Waals surface area (Å²) in [6, 6.07) is 4.53. The molecule has 2 N–H and O–H groups in total. The third-order valence-electron chi connectivity index (χ3n) is 3.05. The lowest BCUT2D eigenvalue weighted by atomic mass is 10.1. The van der Waals surface area contributed by atoms with Gasteiger partial charge in [0.2, 0.25) is 10.0 Å². The van der Waals surface area contributed by atoms with Crippen LogP contribution < -0.4 is 9.88 Å². The van der Waals surface area contributed by atoms with Gasteiger partial charge >= 0.3 is 0 Å². The Morgan fingerprint density at radius 3 is 2.77 bits per heavy atom. The molecule has 0 amide bonds. The molecule has 7 nitrogen and oxygen atoms in total. The van der Waals surface area contributed by atoms with Crippen molar-refractivity contribution >= 4 is 10.0 Å². The Morgan fingerprint density at radius 2 is 2.14 bits per heavy atom. The van der Waals surface area contributed by atoms with Crippen LogP contribution in [-0.2, 0) is 21.3 Å². The van der Waals surface area contributed by atoms with Gasteiger partial charge in [0, 0.05) is 24.4 Å². The van der Waals surface area contributed by atoms with Crippen LogP contribution in [0, 0.1) is 0 Å². The quantitative estimate of drug-likeness (QED) is 0.826. The standard InChI is InChI=1S/C14H19N3O4S/c1-3-21-14-5-4-12(22(15,18)19)8-13(14)11-9-16-17(10-11)6-7-20-2/h4-5,8-10H,3,6-7H2,1-2H3,(H2,15,18,19). The molecule has 120 valence electrons. The Morgan fingerprint density at radius 1 is 1.36 bits per heavy atom. The molecule has 0 aliphatic carbocycles. The van der Waals surface area contributed by atoms with Crippen molar-refractivity contribution in [3.05, 3.63) is 30.6 Å². The average Bonchev–Trinajstić information content (AvgIpc) is 2.93. The van der Waals surface area contributed by atoms with E-state index in [-0.39, 0.29) is 4.90 Å². The molecule has 0 spiro atoms. The zero-order chi connectivity index (χ0) is 16.2. The van der Waals surface area contributed by atoms with Gasteiger partial charge < -0.3 is 9.47 Å². The van der Waals surface area contributed by atoms with Crippen LogP contribution in [0.15, 0.2) is 35.5 Å². The van der Waals surface area contributed by atoms with Gasteiger partial charge in [-0.1, -0.05) is 0 Å². The molecule has 1 heterocycles. The summed E-state index contributed by atoms with van der Waals surface area (Å²) in [5.41, 5.74) is 1.39. The van der Waals surface area contributed by atoms with Gasteiger partial charge in [-0.2, -0.15) is 5.10 Å². The first-order valence-electron chi connectivity index (χ1n) is 6.77. The Bertz CT molecular complexity index is 740. The van der Waals surface area contributed by atoms with Crippen LogP contribution in [0.1, 0.15) is 6.92 Å². The van der Waals surface area contributed by atoms with Gasteiger partial charge in [0.05, 0.1) is 30.9 Å². The van der Waals surface area contributed by atoms with E-state index in [1.165, 1.54) is 12.1 Å². The molecule has 0 aliphatic heterocycles. The minimum atomic E-state index is -3.78. The van der Waals surface area contributed by atoms with Crippen LogP contribution in [-0.4, -0.2) is 38.5 Å². The van der Waals surface area contributed by atoms with E-state index in [2.05, 4.69) is 5.10 Å². The number of aromatic nitrogens is 2. The number of nitrogens with two attached hydrogens (primary N) is 1. The number of primary sulfonamides is 1. The van der Waals surface area contributed by atoms with Crippen molar-refractivity contribution in [2.45, 2.75) is 18.4 Å². The number of hydrogen-bond donors (Lipinski definition) is 1. The molecule has 0 atom stereocenters. The van der Waals surface area contributed by atoms with Crippen molar-refractivity contribution in [1.29, 1.82) is 0 Å². The van der Waals surface area contributed by atoms with Crippen molar-refractivity contribution < 1.29 is 17.9 Å². The van der Waals surface area contributed by atoms with Crippen molar-refractivity contribution in [1.82, 2.24) is 9.78 Å². The Labute approximate surface area is 129 Å². The Hall–Kier alpha value is -1.90. The highest BCUT2D eigenvalue weighted by Gasteiger charge is 2.15. The molecule has 0 radical (unpaired) electrons. The minimum absolute atomic E-state index is 0.0376. The maximum atomic E-state index is 11.5. The molecule has 0 fully saturated rings. The fraction of sp³-hybridized carbons (Fsp3) is 0.357. The molecule has 1 aromatic carbocycles. The minimum Gasteiger partial charge on any atom is -0.493 e. The normalized spacial score (nSPS) is 11.6. The predicted octanol–water partition coefficient (Wildman–Crippen LogP) is 1.24. The molecule has 0 unspecified atom stereocenters. The van der Waals surface area contributed by atoms with E-state index >= 15 is 0 Å². The predicted molar refractivity (Wildman–Crippen MR) is 82.1 cm³/mol. The molecule has 1 aromatic heterocycles. The van der Waals surface area contributed by atoms with Crippen LogP contribution in [0.25, 0.3) is 11.1 Å². The van der Waals surface area contributed by atoms with Crippen LogP contribution in [0.4, 0.5) is 0 Å². The fourth-order valence-corrected chi connectivity index (χ4v) is 2.54. The lowest BCUT2D eigenvalue weighted by Gasteiger charge is -2.10. The molecule has 2 aromatic rings. The summed E-state index contributed by atoms with van der Waals surface area (Å²) in [6.45, 7) is 3.48. The number of benzene rings is 1. The molecule has 8 heteroatoms. The highest BCUT2D eigenvalue weighted by Crippen LogP contribution is 2.32. The summed E-state index contributed by atoms with van der Waals surface area (Å²) in [4.78, 5) is 0.0376. The number of hydrogen-bond acceptors (Lipinski definition) is 5. The van der Waals surface area contributed by atoms with Crippen LogP contribution >= 0.6 is 0 Å². The second kappa shape index (κ2) is 6.91. The number of nitrogens with zero attached hydrogens (tertiary/aromatic N) is 2. The largest absolute Gasteiger partial charge is 0.493 e. The molecule has 22 heavy (non-hydrogen) atoms. The molecule has 2 rings (SSSR count). The van der Waals surface area contributed by atoms with Gasteiger partial charge in [-0.05, 0) is 25.1 Å². The maximum Gasteiger partial charge on any atom is 0.238 e. The number of ether oxygens (including phenoxy) is 2. The smallest absolute Gasteiger partial charge is 0.238 e. The summed E-state index contributed by atoms with van der Waals surface area (Å²) in [5, 5.41) is 9.42. The maximum absolute atomic E-state index is 11.5. The van der Waals surface area contributed by atoms with Crippen molar-refractivity contribution in [2.75, 3.05) is 20.3 Å². The summed E-state index contributed by atoms with van der Waals surface area (Å²) >= 11 is 0. The van der Waals surface area contributed by atoms with Gasteiger partial charge in [-0.3, -0.25) is 4.68 Å². The number of rotatable bonds is 7. The van der Waals surface area contributed by atoms with Crippen LogP contribution in [0.2, 0.25) is 0 Å². The zero-order valence-electron chi connectivity index (χ0n) is 12.5. The molecule has 0 saturated carbocycles. The average molecular weight is 325 g/mol. The number of methoxy groups -OCH3 is 1. The molecular weight excluding hydrogens is 306 g/mol. The van der Waals surface area contributed by atoms with E-state index in [0.717, 1.165) is 5.56 Å². The lowest BCUT2D eigenvalue weighted by Crippen LogP contribution is -2.12. The molecule has 0 saturated heterocycles. The van der Waals surface area contributed by atoms with E-state index in [9.17, 15) is 8.42 Å². The van der Waals surface area contributed by atoms with E-state index in [4.69, 9.17) is 14.6 Å². The lowest BCUT2D eigenvalue weighted by molar-refractivity contribution is 0.183. The van der Waals surface area contributed by atoms with Crippen molar-refractivity contribution in [3.63, 3.8) is 0 Å². The highest BCUT2D eigenvalue weighted by atomic mass is 32.2. The first-order chi connectivity index (χ1) is 10.5. The van der Waals surface area contributed by atoms with E-state index in [0.29, 0.717) is 31.1 Å². The van der Waals surface area contributed by atoms with Crippen molar-refractivity contribution in [3.8, 4) is 16.9 Å².